The van der Waals surface area contributed by atoms with Gasteiger partial charge in [0.1, 0.15) is 5.78 Å². The third-order valence-corrected chi connectivity index (χ3v) is 3.27. The van der Waals surface area contributed by atoms with Crippen LogP contribution in [-0.4, -0.2) is 17.6 Å². The lowest BCUT2D eigenvalue weighted by molar-refractivity contribution is -0.134. The highest BCUT2D eigenvalue weighted by Crippen LogP contribution is 2.20. The first-order valence-corrected chi connectivity index (χ1v) is 6.65. The molecule has 0 aliphatic carbocycles. The minimum absolute atomic E-state index is 0.0968. The van der Waals surface area contributed by atoms with Crippen LogP contribution in [0.2, 0.25) is 0 Å². The van der Waals surface area contributed by atoms with Gasteiger partial charge in [-0.2, -0.15) is 0 Å². The van der Waals surface area contributed by atoms with Crippen molar-refractivity contribution in [3.05, 3.63) is 24.3 Å². The summed E-state index contributed by atoms with van der Waals surface area (Å²) in [5.41, 5.74) is 1.00. The zero-order chi connectivity index (χ0) is 14.3. The number of imide groups is 1. The monoisotopic (exact) mass is 263 g/mol. The lowest BCUT2D eigenvalue weighted by Gasteiger charge is -2.20. The Morgan fingerprint density at radius 1 is 1.37 bits per heavy atom. The van der Waals surface area contributed by atoms with Gasteiger partial charge in [0.15, 0.2) is 0 Å². The number of carbonyl (C=O) groups excluding carboxylic acids is 3. The first-order valence-electron chi connectivity index (χ1n) is 6.65. The summed E-state index contributed by atoms with van der Waals surface area (Å²) < 4.78 is 0. The molecule has 0 atom stereocenters. The summed E-state index contributed by atoms with van der Waals surface area (Å²) in [6.07, 6.45) is 6.83. The van der Waals surface area contributed by atoms with Crippen LogP contribution in [-0.2, 0) is 14.4 Å². The van der Waals surface area contributed by atoms with Gasteiger partial charge >= 0.3 is 0 Å². The van der Waals surface area contributed by atoms with Crippen molar-refractivity contribution in [2.45, 2.75) is 45.4 Å². The number of amides is 2. The Labute approximate surface area is 113 Å². The van der Waals surface area contributed by atoms with Gasteiger partial charge < -0.3 is 0 Å². The van der Waals surface area contributed by atoms with Crippen LogP contribution >= 0.6 is 0 Å². The van der Waals surface area contributed by atoms with Crippen LogP contribution in [0, 0.1) is 5.92 Å². The Bertz CT molecular complexity index is 394. The Morgan fingerprint density at radius 2 is 2.00 bits per heavy atom. The average Bonchev–Trinajstić information content (AvgIpc) is 2.34. The lowest BCUT2D eigenvalue weighted by atomic mass is 9.91. The maximum absolute atomic E-state index is 11.6. The van der Waals surface area contributed by atoms with Crippen LogP contribution in [0.1, 0.15) is 45.4 Å². The second-order valence-electron chi connectivity index (χ2n) is 5.03. The van der Waals surface area contributed by atoms with Gasteiger partial charge in [0, 0.05) is 25.7 Å². The molecule has 1 fully saturated rings. The molecule has 1 N–H and O–H groups in total. The van der Waals surface area contributed by atoms with Crippen molar-refractivity contribution in [3.8, 4) is 0 Å². The number of rotatable bonds is 7. The fraction of sp³-hybridized carbons (Fsp3) is 0.533. The molecule has 1 saturated heterocycles. The molecular formula is C15H21NO3. The number of nitrogens with one attached hydrogen (secondary N) is 1. The number of hydrogen-bond donors (Lipinski definition) is 1. The SMILES string of the molecule is C=C/C(C)=C/CC(=O)CCCC1CC(=O)NC(=O)C1. The highest BCUT2D eigenvalue weighted by molar-refractivity contribution is 5.97. The number of Topliss-reactive ketones (excluding diaryl/α,β-unsaturated/α-hetero) is 1. The molecule has 0 saturated carbocycles. The van der Waals surface area contributed by atoms with Gasteiger partial charge in [-0.3, -0.25) is 19.7 Å². The third kappa shape index (κ3) is 6.13. The summed E-state index contributed by atoms with van der Waals surface area (Å²) in [6, 6.07) is 0. The van der Waals surface area contributed by atoms with Gasteiger partial charge in [0.25, 0.3) is 0 Å². The van der Waals surface area contributed by atoms with E-state index in [1.165, 1.54) is 0 Å². The van der Waals surface area contributed by atoms with Crippen molar-refractivity contribution in [2.75, 3.05) is 0 Å². The number of carbonyl (C=O) groups is 3. The second kappa shape index (κ2) is 7.67. The molecule has 0 bridgehead atoms. The molecule has 1 heterocycles. The molecule has 0 aromatic heterocycles. The van der Waals surface area contributed by atoms with E-state index in [1.54, 1.807) is 6.08 Å². The standard InChI is InChI=1S/C15H21NO3/c1-3-11(2)7-8-13(17)6-4-5-12-9-14(18)16-15(19)10-12/h3,7,12H,1,4-6,8-10H2,2H3,(H,16,18,19)/b11-7+. The number of allylic oxidation sites excluding steroid dienone is 3. The van der Waals surface area contributed by atoms with Gasteiger partial charge in [-0.25, -0.2) is 0 Å². The third-order valence-electron chi connectivity index (χ3n) is 3.27. The maximum atomic E-state index is 11.6. The number of hydrogen-bond acceptors (Lipinski definition) is 3. The zero-order valence-electron chi connectivity index (χ0n) is 11.4. The Kier molecular flexibility index (Phi) is 6.19. The van der Waals surface area contributed by atoms with E-state index in [-0.39, 0.29) is 23.5 Å². The van der Waals surface area contributed by atoms with Crippen LogP contribution in [0.15, 0.2) is 24.3 Å². The summed E-state index contributed by atoms with van der Waals surface area (Å²) in [5.74, 6) is -0.110. The minimum Gasteiger partial charge on any atom is -0.299 e. The summed E-state index contributed by atoms with van der Waals surface area (Å²) in [6.45, 7) is 5.54. The summed E-state index contributed by atoms with van der Waals surface area (Å²) in [5, 5.41) is 2.29. The molecule has 1 aliphatic heterocycles. The van der Waals surface area contributed by atoms with Gasteiger partial charge in [-0.15, -0.1) is 0 Å². The molecule has 4 nitrogen and oxygen atoms in total. The molecule has 0 spiro atoms. The highest BCUT2D eigenvalue weighted by atomic mass is 16.2. The van der Waals surface area contributed by atoms with Crippen LogP contribution in [0.4, 0.5) is 0 Å². The largest absolute Gasteiger partial charge is 0.299 e. The maximum Gasteiger partial charge on any atom is 0.226 e. The van der Waals surface area contributed by atoms with E-state index in [2.05, 4.69) is 11.9 Å². The highest BCUT2D eigenvalue weighted by Gasteiger charge is 2.24. The first-order chi connectivity index (χ1) is 9.01. The van der Waals surface area contributed by atoms with E-state index in [0.717, 1.165) is 18.4 Å². The molecule has 0 unspecified atom stereocenters. The molecule has 0 aromatic carbocycles. The van der Waals surface area contributed by atoms with E-state index in [1.807, 2.05) is 13.0 Å². The minimum atomic E-state index is -0.197. The van der Waals surface area contributed by atoms with E-state index in [9.17, 15) is 14.4 Å². The van der Waals surface area contributed by atoms with Gasteiger partial charge in [0.05, 0.1) is 0 Å². The van der Waals surface area contributed by atoms with Crippen molar-refractivity contribution in [1.82, 2.24) is 5.32 Å². The molecule has 1 aliphatic rings. The van der Waals surface area contributed by atoms with E-state index < -0.39 is 0 Å². The summed E-state index contributed by atoms with van der Waals surface area (Å²) in [4.78, 5) is 34.0. The van der Waals surface area contributed by atoms with E-state index in [4.69, 9.17) is 0 Å². The quantitative estimate of drug-likeness (QED) is 0.566. The van der Waals surface area contributed by atoms with Gasteiger partial charge in [-0.05, 0) is 25.7 Å². The van der Waals surface area contributed by atoms with Crippen LogP contribution in [0.5, 0.6) is 0 Å². The van der Waals surface area contributed by atoms with Crippen molar-refractivity contribution < 1.29 is 14.4 Å². The molecule has 104 valence electrons. The van der Waals surface area contributed by atoms with Crippen molar-refractivity contribution in [1.29, 1.82) is 0 Å². The zero-order valence-corrected chi connectivity index (χ0v) is 11.4. The van der Waals surface area contributed by atoms with E-state index in [0.29, 0.717) is 25.7 Å². The van der Waals surface area contributed by atoms with Gasteiger partial charge in [-0.1, -0.05) is 24.3 Å². The Balaban J connectivity index is 2.23. The predicted molar refractivity (Wildman–Crippen MR) is 73.3 cm³/mol. The molecule has 19 heavy (non-hydrogen) atoms. The predicted octanol–water partition coefficient (Wildman–Crippen LogP) is 2.30. The average molecular weight is 263 g/mol. The normalized spacial score (nSPS) is 17.2. The molecule has 2 amide bonds. The Hall–Kier alpha value is -1.71. The fourth-order valence-electron chi connectivity index (χ4n) is 2.11. The van der Waals surface area contributed by atoms with Crippen molar-refractivity contribution in [2.24, 2.45) is 5.92 Å². The second-order valence-corrected chi connectivity index (χ2v) is 5.03. The van der Waals surface area contributed by atoms with Crippen molar-refractivity contribution in [3.63, 3.8) is 0 Å². The summed E-state index contributed by atoms with van der Waals surface area (Å²) >= 11 is 0. The van der Waals surface area contributed by atoms with E-state index >= 15 is 0 Å². The van der Waals surface area contributed by atoms with Crippen LogP contribution in [0.3, 0.4) is 0 Å². The first kappa shape index (κ1) is 15.3. The number of piperidine rings is 1. The molecular weight excluding hydrogens is 242 g/mol. The molecule has 1 rings (SSSR count). The Morgan fingerprint density at radius 3 is 2.58 bits per heavy atom. The van der Waals surface area contributed by atoms with Gasteiger partial charge in [0.2, 0.25) is 11.8 Å². The van der Waals surface area contributed by atoms with Crippen LogP contribution in [0.25, 0.3) is 0 Å². The summed E-state index contributed by atoms with van der Waals surface area (Å²) in [7, 11) is 0. The molecule has 0 aromatic rings. The number of ketones is 1. The molecule has 0 radical (unpaired) electrons. The van der Waals surface area contributed by atoms with Crippen molar-refractivity contribution >= 4 is 17.6 Å². The topological polar surface area (TPSA) is 63.2 Å². The smallest absolute Gasteiger partial charge is 0.226 e. The van der Waals surface area contributed by atoms with Crippen LogP contribution < -0.4 is 5.32 Å². The molecule has 4 heteroatoms. The fourth-order valence-corrected chi connectivity index (χ4v) is 2.11. The lowest BCUT2D eigenvalue weighted by Crippen LogP contribution is -2.38.